The van der Waals surface area contributed by atoms with Gasteiger partial charge in [0.25, 0.3) is 0 Å². The largest absolute Gasteiger partial charge is 0.351 e. The van der Waals surface area contributed by atoms with Gasteiger partial charge in [0.05, 0.1) is 5.25 Å². The zero-order valence-electron chi connectivity index (χ0n) is 11.2. The maximum Gasteiger partial charge on any atom is 0.233 e. The predicted molar refractivity (Wildman–Crippen MR) is 81.1 cm³/mol. The second-order valence-corrected chi connectivity index (χ2v) is 5.28. The van der Waals surface area contributed by atoms with Gasteiger partial charge in [-0.05, 0) is 18.1 Å². The summed E-state index contributed by atoms with van der Waals surface area (Å²) in [5.74, 6) is -1.60. The standard InChI is InChI=1S/C16H15F2NOS/c17-13-7-6-12(14(18)9-13)10-19-16(20)15(21)8-11-4-2-1-3-5-11/h1-7,9,15,21H,8,10H2,(H,19,20). The highest BCUT2D eigenvalue weighted by atomic mass is 32.1. The Bertz CT molecular complexity index is 619. The molecule has 0 bridgehead atoms. The van der Waals surface area contributed by atoms with E-state index in [-0.39, 0.29) is 18.0 Å². The summed E-state index contributed by atoms with van der Waals surface area (Å²) in [7, 11) is 0. The molecule has 0 radical (unpaired) electrons. The molecule has 0 spiro atoms. The van der Waals surface area contributed by atoms with Gasteiger partial charge < -0.3 is 5.32 Å². The van der Waals surface area contributed by atoms with E-state index in [1.807, 2.05) is 30.3 Å². The summed E-state index contributed by atoms with van der Waals surface area (Å²) in [5, 5.41) is 2.08. The number of amides is 1. The molecule has 5 heteroatoms. The van der Waals surface area contributed by atoms with E-state index in [4.69, 9.17) is 0 Å². The number of hydrogen-bond donors (Lipinski definition) is 2. The average Bonchev–Trinajstić information content (AvgIpc) is 2.47. The average molecular weight is 307 g/mol. The predicted octanol–water partition coefficient (Wildman–Crippen LogP) is 3.12. The van der Waals surface area contributed by atoms with Gasteiger partial charge in [0.1, 0.15) is 11.6 Å². The molecule has 2 nitrogen and oxygen atoms in total. The summed E-state index contributed by atoms with van der Waals surface area (Å²) in [4.78, 5) is 11.9. The number of rotatable bonds is 5. The Morgan fingerprint density at radius 1 is 1.14 bits per heavy atom. The molecule has 0 aromatic heterocycles. The first kappa shape index (κ1) is 15.5. The molecule has 0 aliphatic carbocycles. The molecule has 0 aliphatic rings. The van der Waals surface area contributed by atoms with Crippen LogP contribution in [-0.2, 0) is 17.8 Å². The first-order valence-electron chi connectivity index (χ1n) is 6.50. The van der Waals surface area contributed by atoms with E-state index in [9.17, 15) is 13.6 Å². The number of carbonyl (C=O) groups is 1. The van der Waals surface area contributed by atoms with Crippen LogP contribution < -0.4 is 5.32 Å². The van der Waals surface area contributed by atoms with E-state index in [0.717, 1.165) is 17.7 Å². The molecule has 21 heavy (non-hydrogen) atoms. The van der Waals surface area contributed by atoms with Crippen molar-refractivity contribution in [3.05, 3.63) is 71.3 Å². The first-order chi connectivity index (χ1) is 10.1. The van der Waals surface area contributed by atoms with E-state index < -0.39 is 16.9 Å². The maximum absolute atomic E-state index is 13.4. The molecule has 1 N–H and O–H groups in total. The van der Waals surface area contributed by atoms with Crippen LogP contribution in [0, 0.1) is 11.6 Å². The van der Waals surface area contributed by atoms with Crippen LogP contribution in [0.4, 0.5) is 8.78 Å². The van der Waals surface area contributed by atoms with Crippen LogP contribution >= 0.6 is 12.6 Å². The summed E-state index contributed by atoms with van der Waals surface area (Å²) in [6.45, 7) is 0.0107. The molecule has 1 amide bonds. The van der Waals surface area contributed by atoms with Crippen LogP contribution in [0.1, 0.15) is 11.1 Å². The first-order valence-corrected chi connectivity index (χ1v) is 7.01. The lowest BCUT2D eigenvalue weighted by molar-refractivity contribution is -0.120. The van der Waals surface area contributed by atoms with Gasteiger partial charge in [-0.15, -0.1) is 0 Å². The molecular formula is C16H15F2NOS. The van der Waals surface area contributed by atoms with Gasteiger partial charge >= 0.3 is 0 Å². The second kappa shape index (κ2) is 7.22. The number of hydrogen-bond acceptors (Lipinski definition) is 2. The van der Waals surface area contributed by atoms with Crippen molar-refractivity contribution in [1.82, 2.24) is 5.32 Å². The zero-order valence-corrected chi connectivity index (χ0v) is 12.1. The summed E-state index contributed by atoms with van der Waals surface area (Å²) in [5.41, 5.74) is 1.24. The molecule has 2 aromatic carbocycles. The highest BCUT2D eigenvalue weighted by Gasteiger charge is 2.14. The van der Waals surface area contributed by atoms with E-state index in [0.29, 0.717) is 6.42 Å². The lowest BCUT2D eigenvalue weighted by Gasteiger charge is -2.12. The van der Waals surface area contributed by atoms with Crippen LogP contribution in [-0.4, -0.2) is 11.2 Å². The number of nitrogens with one attached hydrogen (secondary N) is 1. The van der Waals surface area contributed by atoms with E-state index in [1.54, 1.807) is 0 Å². The highest BCUT2D eigenvalue weighted by molar-refractivity contribution is 7.81. The summed E-state index contributed by atoms with van der Waals surface area (Å²) in [6.07, 6.45) is 0.488. The molecule has 0 fully saturated rings. The molecule has 0 saturated heterocycles. The number of carbonyl (C=O) groups excluding carboxylic acids is 1. The SMILES string of the molecule is O=C(NCc1ccc(F)cc1F)C(S)Cc1ccccc1. The van der Waals surface area contributed by atoms with Crippen molar-refractivity contribution in [2.75, 3.05) is 0 Å². The minimum absolute atomic E-state index is 0.0107. The van der Waals surface area contributed by atoms with E-state index >= 15 is 0 Å². The monoisotopic (exact) mass is 307 g/mol. The van der Waals surface area contributed by atoms with E-state index in [2.05, 4.69) is 17.9 Å². The molecule has 0 heterocycles. The normalized spacial score (nSPS) is 12.0. The van der Waals surface area contributed by atoms with Gasteiger partial charge in [0.2, 0.25) is 5.91 Å². The Morgan fingerprint density at radius 2 is 1.86 bits per heavy atom. The number of halogens is 2. The second-order valence-electron chi connectivity index (χ2n) is 4.66. The fraction of sp³-hybridized carbons (Fsp3) is 0.188. The Kier molecular flexibility index (Phi) is 5.33. The molecule has 2 aromatic rings. The van der Waals surface area contributed by atoms with Gasteiger partial charge in [-0.1, -0.05) is 36.4 Å². The third-order valence-corrected chi connectivity index (χ3v) is 3.46. The Labute approximate surface area is 127 Å². The fourth-order valence-corrected chi connectivity index (χ4v) is 2.20. The van der Waals surface area contributed by atoms with E-state index in [1.165, 1.54) is 6.07 Å². The van der Waals surface area contributed by atoms with Gasteiger partial charge in [-0.2, -0.15) is 12.6 Å². The van der Waals surface area contributed by atoms with Crippen LogP contribution in [0.15, 0.2) is 48.5 Å². The lowest BCUT2D eigenvalue weighted by Crippen LogP contribution is -2.32. The summed E-state index contributed by atoms with van der Waals surface area (Å²) < 4.78 is 26.2. The van der Waals surface area contributed by atoms with Crippen molar-refractivity contribution in [3.8, 4) is 0 Å². The molecule has 0 aliphatic heterocycles. The third-order valence-electron chi connectivity index (χ3n) is 3.04. The minimum Gasteiger partial charge on any atom is -0.351 e. The summed E-state index contributed by atoms with van der Waals surface area (Å²) in [6, 6.07) is 12.8. The quantitative estimate of drug-likeness (QED) is 0.817. The minimum atomic E-state index is -0.672. The van der Waals surface area contributed by atoms with Crippen molar-refractivity contribution in [2.45, 2.75) is 18.2 Å². The van der Waals surface area contributed by atoms with Crippen LogP contribution in [0.5, 0.6) is 0 Å². The lowest BCUT2D eigenvalue weighted by atomic mass is 10.1. The van der Waals surface area contributed by atoms with Crippen molar-refractivity contribution in [3.63, 3.8) is 0 Å². The maximum atomic E-state index is 13.4. The topological polar surface area (TPSA) is 29.1 Å². The van der Waals surface area contributed by atoms with Gasteiger partial charge in [-0.3, -0.25) is 4.79 Å². The smallest absolute Gasteiger partial charge is 0.233 e. The van der Waals surface area contributed by atoms with Crippen LogP contribution in [0.25, 0.3) is 0 Å². The highest BCUT2D eigenvalue weighted by Crippen LogP contribution is 2.11. The Hall–Kier alpha value is -1.88. The molecule has 1 unspecified atom stereocenters. The summed E-state index contributed by atoms with van der Waals surface area (Å²) >= 11 is 4.26. The fourth-order valence-electron chi connectivity index (χ4n) is 1.90. The Morgan fingerprint density at radius 3 is 2.52 bits per heavy atom. The van der Waals surface area contributed by atoms with Crippen molar-refractivity contribution in [2.24, 2.45) is 0 Å². The van der Waals surface area contributed by atoms with Crippen LogP contribution in [0.2, 0.25) is 0 Å². The Balaban J connectivity index is 1.89. The van der Waals surface area contributed by atoms with Gasteiger partial charge in [0, 0.05) is 18.2 Å². The molecule has 1 atom stereocenters. The van der Waals surface area contributed by atoms with Gasteiger partial charge in [0.15, 0.2) is 0 Å². The third kappa shape index (κ3) is 4.56. The van der Waals surface area contributed by atoms with Crippen molar-refractivity contribution >= 4 is 18.5 Å². The number of benzene rings is 2. The van der Waals surface area contributed by atoms with Crippen LogP contribution in [0.3, 0.4) is 0 Å². The van der Waals surface area contributed by atoms with Crippen molar-refractivity contribution in [1.29, 1.82) is 0 Å². The van der Waals surface area contributed by atoms with Crippen molar-refractivity contribution < 1.29 is 13.6 Å². The number of thiol groups is 1. The zero-order chi connectivity index (χ0) is 15.2. The molecule has 0 saturated carbocycles. The molecule has 2 rings (SSSR count). The van der Waals surface area contributed by atoms with Gasteiger partial charge in [-0.25, -0.2) is 8.78 Å². The molecular weight excluding hydrogens is 292 g/mol. The molecule has 110 valence electrons.